The molecule has 0 bridgehead atoms. The van der Waals surface area contributed by atoms with Crippen molar-refractivity contribution in [1.82, 2.24) is 15.1 Å². The van der Waals surface area contributed by atoms with E-state index in [1.165, 1.54) is 0 Å². The molecule has 0 saturated carbocycles. The van der Waals surface area contributed by atoms with E-state index in [4.69, 9.17) is 0 Å². The number of nitrogens with one attached hydrogen (secondary N) is 1. The molecule has 0 saturated heterocycles. The van der Waals surface area contributed by atoms with Gasteiger partial charge in [-0.25, -0.2) is 0 Å². The summed E-state index contributed by atoms with van der Waals surface area (Å²) in [5.41, 5.74) is 1.72. The Labute approximate surface area is 83.3 Å². The lowest BCUT2D eigenvalue weighted by Crippen LogP contribution is -2.37. The third kappa shape index (κ3) is 1.31. The lowest BCUT2D eigenvalue weighted by atomic mass is 9.87. The Hall–Kier alpha value is -1.32. The zero-order valence-corrected chi connectivity index (χ0v) is 8.79. The Morgan fingerprint density at radius 1 is 1.50 bits per heavy atom. The van der Waals surface area contributed by atoms with Crippen LogP contribution in [-0.4, -0.2) is 22.2 Å². The largest absolute Gasteiger partial charge is 0.349 e. The number of rotatable bonds is 0. The molecule has 0 spiro atoms. The molecule has 2 heterocycles. The summed E-state index contributed by atoms with van der Waals surface area (Å²) >= 11 is 0. The van der Waals surface area contributed by atoms with Gasteiger partial charge >= 0.3 is 0 Å². The third-order valence-corrected chi connectivity index (χ3v) is 2.47. The summed E-state index contributed by atoms with van der Waals surface area (Å²) in [5.74, 6) is -0.00123. The highest BCUT2D eigenvalue weighted by atomic mass is 16.2. The first kappa shape index (κ1) is 9.24. The van der Waals surface area contributed by atoms with Crippen molar-refractivity contribution in [2.75, 3.05) is 6.54 Å². The molecule has 1 N–H and O–H groups in total. The van der Waals surface area contributed by atoms with Crippen molar-refractivity contribution in [3.05, 3.63) is 17.5 Å². The second-order valence-electron chi connectivity index (χ2n) is 4.64. The van der Waals surface area contributed by atoms with Gasteiger partial charge in [0.25, 0.3) is 5.91 Å². The van der Waals surface area contributed by atoms with Crippen LogP contribution in [0.3, 0.4) is 0 Å². The summed E-state index contributed by atoms with van der Waals surface area (Å²) in [6.45, 7) is 7.72. The molecule has 0 unspecified atom stereocenters. The molecular weight excluding hydrogens is 178 g/mol. The molecule has 14 heavy (non-hydrogen) atoms. The molecule has 2 rings (SSSR count). The van der Waals surface area contributed by atoms with Crippen LogP contribution in [0.15, 0.2) is 6.20 Å². The van der Waals surface area contributed by atoms with Gasteiger partial charge in [0.1, 0.15) is 5.69 Å². The molecule has 0 fully saturated rings. The van der Waals surface area contributed by atoms with Crippen molar-refractivity contribution in [3.63, 3.8) is 0 Å². The normalized spacial score (nSPS) is 16.4. The first-order valence-electron chi connectivity index (χ1n) is 4.84. The van der Waals surface area contributed by atoms with Gasteiger partial charge in [0.15, 0.2) is 0 Å². The molecule has 1 aliphatic heterocycles. The number of aromatic nitrogens is 2. The van der Waals surface area contributed by atoms with Crippen LogP contribution in [0.25, 0.3) is 0 Å². The summed E-state index contributed by atoms with van der Waals surface area (Å²) in [7, 11) is 0. The van der Waals surface area contributed by atoms with Crippen LogP contribution in [0.2, 0.25) is 0 Å². The molecule has 1 aliphatic rings. The van der Waals surface area contributed by atoms with Crippen molar-refractivity contribution >= 4 is 5.91 Å². The Kier molecular flexibility index (Phi) is 1.87. The van der Waals surface area contributed by atoms with Crippen molar-refractivity contribution < 1.29 is 4.79 Å². The van der Waals surface area contributed by atoms with Gasteiger partial charge in [-0.15, -0.1) is 0 Å². The molecule has 4 heteroatoms. The number of fused-ring (bicyclic) bond motifs is 1. The van der Waals surface area contributed by atoms with Crippen LogP contribution < -0.4 is 5.32 Å². The quantitative estimate of drug-likeness (QED) is 0.666. The fourth-order valence-electron chi connectivity index (χ4n) is 1.70. The van der Waals surface area contributed by atoms with Crippen molar-refractivity contribution in [3.8, 4) is 0 Å². The summed E-state index contributed by atoms with van der Waals surface area (Å²) in [5, 5.41) is 7.07. The topological polar surface area (TPSA) is 46.9 Å². The summed E-state index contributed by atoms with van der Waals surface area (Å²) < 4.78 is 1.79. The summed E-state index contributed by atoms with van der Waals surface area (Å²) in [4.78, 5) is 11.6. The van der Waals surface area contributed by atoms with E-state index in [2.05, 4.69) is 31.2 Å². The zero-order chi connectivity index (χ0) is 10.3. The molecule has 0 atom stereocenters. The average Bonchev–Trinajstić information content (AvgIpc) is 2.47. The lowest BCUT2D eigenvalue weighted by Gasteiger charge is -2.21. The van der Waals surface area contributed by atoms with Gasteiger partial charge in [0.2, 0.25) is 0 Å². The molecule has 1 aromatic heterocycles. The molecule has 76 valence electrons. The molecule has 0 aliphatic carbocycles. The van der Waals surface area contributed by atoms with E-state index in [9.17, 15) is 4.79 Å². The second kappa shape index (κ2) is 2.83. The van der Waals surface area contributed by atoms with E-state index in [0.717, 1.165) is 17.8 Å². The highest BCUT2D eigenvalue weighted by molar-refractivity contribution is 5.94. The van der Waals surface area contributed by atoms with Crippen LogP contribution in [0, 0.1) is 0 Å². The fourth-order valence-corrected chi connectivity index (χ4v) is 1.70. The average molecular weight is 193 g/mol. The van der Waals surface area contributed by atoms with Crippen LogP contribution in [0.1, 0.15) is 36.8 Å². The Balaban J connectivity index is 2.54. The van der Waals surface area contributed by atoms with Gasteiger partial charge in [0, 0.05) is 12.1 Å². The van der Waals surface area contributed by atoms with Gasteiger partial charge in [-0.05, 0) is 5.41 Å². The van der Waals surface area contributed by atoms with Gasteiger partial charge < -0.3 is 5.32 Å². The molecule has 0 radical (unpaired) electrons. The van der Waals surface area contributed by atoms with Gasteiger partial charge in [-0.3, -0.25) is 9.48 Å². The first-order chi connectivity index (χ1) is 6.50. The molecule has 0 aromatic carbocycles. The first-order valence-corrected chi connectivity index (χ1v) is 4.84. The van der Waals surface area contributed by atoms with E-state index in [1.54, 1.807) is 10.9 Å². The highest BCUT2D eigenvalue weighted by Crippen LogP contribution is 2.26. The highest BCUT2D eigenvalue weighted by Gasteiger charge is 2.28. The van der Waals surface area contributed by atoms with E-state index < -0.39 is 0 Å². The zero-order valence-electron chi connectivity index (χ0n) is 8.79. The van der Waals surface area contributed by atoms with E-state index >= 15 is 0 Å². The monoisotopic (exact) mass is 193 g/mol. The minimum Gasteiger partial charge on any atom is -0.349 e. The van der Waals surface area contributed by atoms with E-state index in [0.29, 0.717) is 6.54 Å². The van der Waals surface area contributed by atoms with Gasteiger partial charge in [-0.2, -0.15) is 5.10 Å². The molecule has 1 aromatic rings. The standard InChI is InChI=1S/C10H15N3O/c1-10(2,3)7-6-12-13-5-4-11-9(14)8(7)13/h6H,4-5H2,1-3H3,(H,11,14). The molecular formula is C10H15N3O. The van der Waals surface area contributed by atoms with Gasteiger partial charge in [-0.1, -0.05) is 20.8 Å². The van der Waals surface area contributed by atoms with E-state index in [1.807, 2.05) is 0 Å². The number of nitrogens with zero attached hydrogens (tertiary/aromatic N) is 2. The number of hydrogen-bond acceptors (Lipinski definition) is 2. The smallest absolute Gasteiger partial charge is 0.269 e. The Bertz CT molecular complexity index is 373. The maximum absolute atomic E-state index is 11.6. The van der Waals surface area contributed by atoms with Crippen LogP contribution in [0.4, 0.5) is 0 Å². The van der Waals surface area contributed by atoms with Crippen molar-refractivity contribution in [2.45, 2.75) is 32.7 Å². The van der Waals surface area contributed by atoms with Crippen LogP contribution >= 0.6 is 0 Å². The lowest BCUT2D eigenvalue weighted by molar-refractivity contribution is 0.0922. The minimum atomic E-state index is -0.0255. The van der Waals surface area contributed by atoms with Gasteiger partial charge in [0.05, 0.1) is 12.7 Å². The number of amides is 1. The predicted molar refractivity (Wildman–Crippen MR) is 53.3 cm³/mol. The number of hydrogen-bond donors (Lipinski definition) is 1. The molecule has 4 nitrogen and oxygen atoms in total. The second-order valence-corrected chi connectivity index (χ2v) is 4.64. The number of carbonyl (C=O) groups excluding carboxylic acids is 1. The Morgan fingerprint density at radius 3 is 2.86 bits per heavy atom. The Morgan fingerprint density at radius 2 is 2.21 bits per heavy atom. The maximum Gasteiger partial charge on any atom is 0.269 e. The summed E-state index contributed by atoms with van der Waals surface area (Å²) in [6, 6.07) is 0. The minimum absolute atomic E-state index is 0.00123. The van der Waals surface area contributed by atoms with Crippen molar-refractivity contribution in [2.24, 2.45) is 0 Å². The summed E-state index contributed by atoms with van der Waals surface area (Å²) in [6.07, 6.45) is 1.81. The fraction of sp³-hybridized carbons (Fsp3) is 0.600. The molecule has 1 amide bonds. The SMILES string of the molecule is CC(C)(C)c1cnn2c1C(=O)NCC2. The van der Waals surface area contributed by atoms with E-state index in [-0.39, 0.29) is 11.3 Å². The van der Waals surface area contributed by atoms with Crippen molar-refractivity contribution in [1.29, 1.82) is 0 Å². The third-order valence-electron chi connectivity index (χ3n) is 2.47. The van der Waals surface area contributed by atoms with Crippen LogP contribution in [0.5, 0.6) is 0 Å². The maximum atomic E-state index is 11.6. The number of carbonyl (C=O) groups is 1. The predicted octanol–water partition coefficient (Wildman–Crippen LogP) is 0.924. The van der Waals surface area contributed by atoms with Crippen LogP contribution in [-0.2, 0) is 12.0 Å².